The molecule has 0 saturated carbocycles. The van der Waals surface area contributed by atoms with E-state index in [9.17, 15) is 9.59 Å². The smallest absolute Gasteiger partial charge is 0.236 e. The molecule has 394 valence electrons. The third kappa shape index (κ3) is 15.7. The number of hydrogen-bond acceptors (Lipinski definition) is 19. The van der Waals surface area contributed by atoms with Crippen LogP contribution in [0.3, 0.4) is 0 Å². The third-order valence-corrected chi connectivity index (χ3v) is 12.5. The normalized spacial score (nSPS) is 10.8. The van der Waals surface area contributed by atoms with Gasteiger partial charge < -0.3 is 16.0 Å². The molecular weight excluding hydrogens is 1030 g/mol. The van der Waals surface area contributed by atoms with E-state index in [0.717, 1.165) is 82.4 Å². The number of isothiocyanates is 1. The quantitative estimate of drug-likeness (QED) is 0.0251. The number of aliphatic imine (C=N–C) groups is 1. The molecule has 0 aliphatic heterocycles. The lowest BCUT2D eigenvalue weighted by molar-refractivity contribution is -0.124. The summed E-state index contributed by atoms with van der Waals surface area (Å²) in [5, 5.41) is 34.4. The molecule has 0 bridgehead atoms. The summed E-state index contributed by atoms with van der Waals surface area (Å²) in [6, 6.07) is 17.1. The Bertz CT molecular complexity index is 3730. The minimum Gasteiger partial charge on any atom is -0.355 e. The second-order valence-electron chi connectivity index (χ2n) is 18.1. The minimum absolute atomic E-state index is 0.00926. The first-order valence-corrected chi connectivity index (χ1v) is 25.6. The molecule has 0 radical (unpaired) electrons. The first-order valence-electron chi connectivity index (χ1n) is 24.0. The molecule has 0 aliphatic carbocycles. The minimum atomic E-state index is -0.125. The average molecular weight is 1090 g/mol. The molecule has 0 atom stereocenters. The maximum absolute atomic E-state index is 11.7. The number of nitrogens with one attached hydrogen (secondary N) is 4. The van der Waals surface area contributed by atoms with Crippen molar-refractivity contribution in [2.24, 2.45) is 43.8 Å². The Hall–Kier alpha value is -8.74. The van der Waals surface area contributed by atoms with Crippen LogP contribution in [0.4, 0.5) is 22.6 Å². The molecule has 10 rings (SSSR count). The molecule has 25 heteroatoms. The number of carbonyl (C=O) groups excluding carboxylic acids is 2. The van der Waals surface area contributed by atoms with Crippen molar-refractivity contribution in [3.05, 3.63) is 115 Å². The fourth-order valence-corrected chi connectivity index (χ4v) is 7.79. The zero-order valence-electron chi connectivity index (χ0n) is 43.7. The lowest BCUT2D eigenvalue weighted by Crippen LogP contribution is -2.34. The lowest BCUT2D eigenvalue weighted by Gasteiger charge is -2.11. The number of aryl methyl sites for hydroxylation is 3. The fourth-order valence-electron chi connectivity index (χ4n) is 6.77. The number of aromatic nitrogens is 14. The molecule has 77 heavy (non-hydrogen) atoms. The maximum Gasteiger partial charge on any atom is 0.236 e. The summed E-state index contributed by atoms with van der Waals surface area (Å²) in [6.45, 7) is 11.7. The van der Waals surface area contributed by atoms with Crippen LogP contribution in [0.2, 0.25) is 0 Å². The van der Waals surface area contributed by atoms with Gasteiger partial charge in [-0.3, -0.25) is 44.0 Å². The molecule has 0 aliphatic rings. The van der Waals surface area contributed by atoms with E-state index in [4.69, 9.17) is 18.1 Å². The van der Waals surface area contributed by atoms with Gasteiger partial charge >= 0.3 is 0 Å². The van der Waals surface area contributed by atoms with E-state index < -0.39 is 0 Å². The van der Waals surface area contributed by atoms with Crippen molar-refractivity contribution in [2.75, 3.05) is 17.2 Å². The number of Topliss-reactive ketones (excluding diaryl/α,β-unsaturated/α-hetero) is 1. The van der Waals surface area contributed by atoms with Gasteiger partial charge in [-0.2, -0.15) is 20.3 Å². The Morgan fingerprint density at radius 1 is 0.636 bits per heavy atom. The second kappa shape index (κ2) is 26.2. The molecule has 1 amide bonds. The molecule has 0 spiro atoms. The van der Waals surface area contributed by atoms with Crippen LogP contribution in [0.5, 0.6) is 0 Å². The van der Waals surface area contributed by atoms with Crippen LogP contribution in [0.25, 0.3) is 66.5 Å². The van der Waals surface area contributed by atoms with E-state index in [2.05, 4.69) is 108 Å². The van der Waals surface area contributed by atoms with Crippen molar-refractivity contribution in [1.82, 2.24) is 80.2 Å². The highest BCUT2D eigenvalue weighted by Crippen LogP contribution is 2.28. The number of hydrogen-bond donors (Lipinski definition) is 5. The molecule has 0 unspecified atom stereocenters. The van der Waals surface area contributed by atoms with E-state index in [1.165, 1.54) is 0 Å². The highest BCUT2D eigenvalue weighted by molar-refractivity contribution is 7.80. The number of rotatable bonds is 12. The van der Waals surface area contributed by atoms with Gasteiger partial charge in [0.05, 0.1) is 63.4 Å². The van der Waals surface area contributed by atoms with Gasteiger partial charge in [-0.15, -0.1) is 10.2 Å². The summed E-state index contributed by atoms with van der Waals surface area (Å²) >= 11 is 11.4. The van der Waals surface area contributed by atoms with Crippen LogP contribution in [-0.2, 0) is 30.7 Å². The Morgan fingerprint density at radius 3 is 1.53 bits per heavy atom. The van der Waals surface area contributed by atoms with Crippen molar-refractivity contribution < 1.29 is 9.59 Å². The molecule has 0 fully saturated rings. The summed E-state index contributed by atoms with van der Waals surface area (Å²) in [7, 11) is 5.64. The average Bonchev–Trinajstić information content (AvgIpc) is 4.28. The highest BCUT2D eigenvalue weighted by atomic mass is 32.1. The van der Waals surface area contributed by atoms with Crippen LogP contribution in [0.15, 0.2) is 115 Å². The number of carbonyl (C=O) groups is 2. The molecule has 22 nitrogen and oxygen atoms in total. The summed E-state index contributed by atoms with van der Waals surface area (Å²) < 4.78 is 5.26. The Kier molecular flexibility index (Phi) is 19.0. The van der Waals surface area contributed by atoms with Crippen molar-refractivity contribution in [1.29, 1.82) is 0 Å². The van der Waals surface area contributed by atoms with Crippen LogP contribution < -0.4 is 27.2 Å². The lowest BCUT2D eigenvalue weighted by atomic mass is 10.1. The Balaban J connectivity index is 0.000000159. The van der Waals surface area contributed by atoms with Gasteiger partial charge in [0.25, 0.3) is 0 Å². The molecule has 0 saturated heterocycles. The van der Waals surface area contributed by atoms with Gasteiger partial charge in [-0.1, -0.05) is 52.9 Å². The highest BCUT2D eigenvalue weighted by Gasteiger charge is 2.12. The number of pyridine rings is 6. The van der Waals surface area contributed by atoms with Crippen molar-refractivity contribution >= 4 is 113 Å². The molecule has 6 N–H and O–H groups in total. The van der Waals surface area contributed by atoms with Gasteiger partial charge in [0.15, 0.2) is 16.7 Å². The van der Waals surface area contributed by atoms with Crippen molar-refractivity contribution in [2.45, 2.75) is 47.5 Å². The van der Waals surface area contributed by atoms with Gasteiger partial charge in [-0.05, 0) is 79.0 Å². The molecular formula is C52H56N20O2S3. The third-order valence-electron chi connectivity index (χ3n) is 11.0. The van der Waals surface area contributed by atoms with E-state index in [-0.39, 0.29) is 30.1 Å². The van der Waals surface area contributed by atoms with Crippen molar-refractivity contribution in [3.63, 3.8) is 0 Å². The van der Waals surface area contributed by atoms with Gasteiger partial charge in [0.1, 0.15) is 16.6 Å². The Morgan fingerprint density at radius 2 is 1.12 bits per heavy atom. The molecule has 0 aromatic carbocycles. The van der Waals surface area contributed by atoms with Crippen LogP contribution in [-0.4, -0.2) is 98.0 Å². The molecule has 10 aromatic rings. The van der Waals surface area contributed by atoms with Crippen LogP contribution in [0, 0.1) is 11.8 Å². The number of thiocarbonyl (C=S) groups is 2. The maximum atomic E-state index is 11.7. The van der Waals surface area contributed by atoms with Gasteiger partial charge in [0, 0.05) is 109 Å². The van der Waals surface area contributed by atoms with E-state index in [0.29, 0.717) is 22.7 Å². The number of ketones is 1. The number of hydrazine groups is 1. The van der Waals surface area contributed by atoms with Crippen molar-refractivity contribution in [3.8, 4) is 33.4 Å². The standard InChI is InChI=1S/C18H20N6OS.C17H17N7S.C13H9N5S.C4H10N2O/c1-11(2)16(25)9-20-18(26)23-17-5-4-14-15(22-17)6-12(7-19-14)13-8-21-24(3)10-13;1-10(2)16-22-23-17(25-16)21-15-5-4-13-14(20-15)6-11(7-18-13)12-8-19-24(3)9-12;1-18-7-10(6-16-18)9-4-12-11(14-5-9)2-3-13(17-12)15-8-19;1-3(2)4(7)6-5/h4-8,10-11H,9H2,1-3H3,(H2,20,22,23,26);4-10H,1-3H3,(H,20,21,23);2-7H,1H3;3H,5H2,1-2H3,(H,6,7). The van der Waals surface area contributed by atoms with Gasteiger partial charge in [0.2, 0.25) is 11.0 Å². The summed E-state index contributed by atoms with van der Waals surface area (Å²) in [6.07, 6.45) is 16.7. The van der Waals surface area contributed by atoms with Crippen LogP contribution >= 0.6 is 35.8 Å². The molecule has 10 heterocycles. The zero-order chi connectivity index (χ0) is 55.2. The topological polar surface area (TPSA) is 277 Å². The predicted octanol–water partition coefficient (Wildman–Crippen LogP) is 8.69. The van der Waals surface area contributed by atoms with Gasteiger partial charge in [-0.25, -0.2) is 20.8 Å². The summed E-state index contributed by atoms with van der Waals surface area (Å²) in [5.74, 6) is 6.94. The number of anilines is 3. The number of nitrogens with zero attached hydrogens (tertiary/aromatic N) is 15. The number of nitrogens with two attached hydrogens (primary N) is 1. The predicted molar refractivity (Wildman–Crippen MR) is 308 cm³/mol. The molecule has 10 aromatic heterocycles. The fraction of sp³-hybridized carbons (Fsp3) is 0.250. The van der Waals surface area contributed by atoms with E-state index in [1.54, 1.807) is 70.0 Å². The number of fused-ring (bicyclic) bond motifs is 3. The Labute approximate surface area is 458 Å². The van der Waals surface area contributed by atoms with Crippen LogP contribution in [0.1, 0.15) is 52.5 Å². The first-order chi connectivity index (χ1) is 36.9. The number of amides is 1. The summed E-state index contributed by atoms with van der Waals surface area (Å²) in [4.78, 5) is 52.7. The summed E-state index contributed by atoms with van der Waals surface area (Å²) in [5.41, 5.74) is 12.7. The SMILES string of the molecule is CC(C)C(=O)CNC(=S)Nc1ccc2ncc(-c3cnn(C)c3)cc2n1.CC(C)C(=O)NN.CC(C)c1nnc(Nc2ccc3ncc(-c4cnn(C)c4)cc3n2)s1.Cn1cc(-c2cnc3ccc(N=C=S)nc3c2)cn1. The first kappa shape index (κ1) is 56.0. The second-order valence-corrected chi connectivity index (χ2v) is 19.7. The zero-order valence-corrected chi connectivity index (χ0v) is 46.1. The van der Waals surface area contributed by atoms with E-state index in [1.807, 2.05) is 120 Å². The largest absolute Gasteiger partial charge is 0.355 e. The van der Waals surface area contributed by atoms with E-state index >= 15 is 0 Å². The monoisotopic (exact) mass is 1090 g/mol.